The van der Waals surface area contributed by atoms with E-state index in [2.05, 4.69) is 55.3 Å². The number of nitrogens with zero attached hydrogens (tertiary/aromatic N) is 5. The molecule has 27 heteroatoms. The van der Waals surface area contributed by atoms with E-state index in [1.165, 1.54) is 46.1 Å². The SMILES string of the molecule is CC(=O)OCCC(Cl)C(C)=O.CC(=O)OCCc1sc(C)nc1C.CC(N)=S.CO.Cc1ccc(CCl)c(N)n1.Cc1ccc(C[n+]2c(C)sc(CCO)c2C)c(N)n1.Cc1nc(C)c(CCO)s1.Cl.Cl.[Cl-].[Li+].[OH-]. The molecule has 1 atom stereocenters. The Morgan fingerprint density at radius 3 is 1.45 bits per heavy atom. The third kappa shape index (κ3) is 38.7. The number of nitrogen functional groups attached to an aromatic ring is 2. The molecular formula is C47H76Cl5LiN8O9S4. The first-order valence-electron chi connectivity index (χ1n) is 21.5. The van der Waals surface area contributed by atoms with Gasteiger partial charge in [-0.05, 0) is 73.6 Å². The fourth-order valence-corrected chi connectivity index (χ4v) is 8.67. The Bertz CT molecular complexity index is 2330. The van der Waals surface area contributed by atoms with Gasteiger partial charge in [-0.15, -0.1) is 70.7 Å². The molecule has 5 heterocycles. The summed E-state index contributed by atoms with van der Waals surface area (Å²) in [6.45, 7) is 23.6. The van der Waals surface area contributed by atoms with E-state index in [0.29, 0.717) is 42.0 Å². The van der Waals surface area contributed by atoms with Crippen LogP contribution in [-0.4, -0.2) is 102 Å². The smallest absolute Gasteiger partial charge is 1.00 e. The number of thiocarbonyl (C=S) groups is 1. The van der Waals surface area contributed by atoms with Crippen molar-refractivity contribution in [3.63, 3.8) is 0 Å². The second kappa shape index (κ2) is 48.5. The van der Waals surface area contributed by atoms with Crippen LogP contribution in [0.2, 0.25) is 0 Å². The molecule has 0 fully saturated rings. The van der Waals surface area contributed by atoms with Gasteiger partial charge in [0.15, 0.2) is 12.2 Å². The molecule has 17 nitrogen and oxygen atoms in total. The zero-order valence-corrected chi connectivity index (χ0v) is 52.0. The Labute approximate surface area is 495 Å². The molecule has 0 aliphatic carbocycles. The van der Waals surface area contributed by atoms with Gasteiger partial charge in [0.05, 0.1) is 61.3 Å². The number of nitrogens with two attached hydrogens (primary N) is 3. The normalized spacial score (nSPS) is 9.54. The molecule has 74 heavy (non-hydrogen) atoms. The van der Waals surface area contributed by atoms with Gasteiger partial charge in [0.2, 0.25) is 5.01 Å². The van der Waals surface area contributed by atoms with E-state index in [9.17, 15) is 14.4 Å². The summed E-state index contributed by atoms with van der Waals surface area (Å²) in [5, 5.41) is 27.5. The number of alkyl halides is 2. The number of ether oxygens (including phenoxy) is 2. The fraction of sp³-hybridized carbons (Fsp3) is 0.511. The number of aliphatic hydroxyl groups excluding tert-OH is 3. The first-order valence-corrected chi connectivity index (χ1v) is 25.4. The van der Waals surface area contributed by atoms with Gasteiger partial charge < -0.3 is 59.9 Å². The van der Waals surface area contributed by atoms with E-state index in [1.54, 1.807) is 40.9 Å². The van der Waals surface area contributed by atoms with E-state index in [0.717, 1.165) is 70.4 Å². The minimum absolute atomic E-state index is 0. The average molecular weight is 1210 g/mol. The summed E-state index contributed by atoms with van der Waals surface area (Å²) in [5.74, 6) is 0.894. The summed E-state index contributed by atoms with van der Waals surface area (Å²) >= 11 is 20.5. The van der Waals surface area contributed by atoms with Crippen molar-refractivity contribution in [1.29, 1.82) is 0 Å². The molecule has 0 saturated heterocycles. The van der Waals surface area contributed by atoms with E-state index >= 15 is 0 Å². The Morgan fingerprint density at radius 1 is 0.703 bits per heavy atom. The molecule has 0 aromatic carbocycles. The fourth-order valence-electron chi connectivity index (χ4n) is 5.39. The van der Waals surface area contributed by atoms with Gasteiger partial charge in [-0.1, -0.05) is 29.6 Å². The van der Waals surface area contributed by atoms with E-state index in [-0.39, 0.29) is 99.1 Å². The molecular weight excluding hydrogens is 1130 g/mol. The van der Waals surface area contributed by atoms with Gasteiger partial charge in [-0.3, -0.25) is 14.4 Å². The number of Topliss-reactive ketones (excluding diaryl/α,β-unsaturated/α-hetero) is 1. The first kappa shape index (κ1) is 85.1. The first-order chi connectivity index (χ1) is 32.4. The van der Waals surface area contributed by atoms with Crippen LogP contribution in [-0.2, 0) is 55.5 Å². The van der Waals surface area contributed by atoms with Gasteiger partial charge in [0.1, 0.15) is 17.4 Å². The number of esters is 2. The van der Waals surface area contributed by atoms with Crippen molar-refractivity contribution in [3.05, 3.63) is 93.5 Å². The molecule has 0 aliphatic heterocycles. The number of aryl methyl sites for hydroxylation is 7. The van der Waals surface area contributed by atoms with Crippen molar-refractivity contribution in [1.82, 2.24) is 19.9 Å². The number of halogens is 5. The standard InChI is InChI=1S/C14H20N3OS.C9H13NO2S.C7H9ClN2.C7H11ClO3.C7H11NOS.C2H5NS.CH4O.3ClH.Li.H2O/c1-9-4-5-12(14(15)16-9)8-17-10(2)13(6-7-18)19-11(17)3;1-6-9(13-7(2)10-6)4-5-12-8(3)11;1-5-2-3-6(4-8)7(9)10-5;1-5(9)7(8)3-4-11-6(2)10;1-5-7(3-4-9)10-6(2)8-5;1-2(3)4;1-2;;;;;/h4-5,18H,6-8H2,1-3H3,(H2,15,16);4-5H2,1-3H3;2-3H,4H2,1H3,(H2,9,10);7H,3-4H2,1-2H3;9H,3-4H2,1-2H3;1H3,(H2,3,4);2H,1H3;3*1H;;1H2/q+1;;;;;;;;;;+1;/p-2. The molecule has 5 rings (SSSR count). The van der Waals surface area contributed by atoms with Crippen molar-refractivity contribution in [2.24, 2.45) is 5.73 Å². The van der Waals surface area contributed by atoms with E-state index < -0.39 is 5.38 Å². The van der Waals surface area contributed by atoms with Crippen LogP contribution in [0.15, 0.2) is 24.3 Å². The van der Waals surface area contributed by atoms with Gasteiger partial charge in [-0.25, -0.2) is 19.9 Å². The third-order valence-corrected chi connectivity index (χ3v) is 13.0. The molecule has 0 radical (unpaired) electrons. The molecule has 5 aromatic rings. The van der Waals surface area contributed by atoms with Crippen molar-refractivity contribution in [3.8, 4) is 0 Å². The zero-order valence-electron chi connectivity index (χ0n) is 44.8. The average Bonchev–Trinajstić information content (AvgIpc) is 3.86. The summed E-state index contributed by atoms with van der Waals surface area (Å²) in [5.41, 5.74) is 23.5. The monoisotopic (exact) mass is 1210 g/mol. The topological polar surface area (TPSA) is 294 Å². The van der Waals surface area contributed by atoms with Crippen molar-refractivity contribution in [2.45, 2.75) is 127 Å². The third-order valence-electron chi connectivity index (χ3n) is 8.66. The zero-order chi connectivity index (χ0) is 53.4. The minimum Gasteiger partial charge on any atom is -1.00 e. The number of aliphatic hydroxyl groups is 3. The van der Waals surface area contributed by atoms with Gasteiger partial charge in [0, 0.05) is 100 Å². The predicted molar refractivity (Wildman–Crippen MR) is 303 cm³/mol. The predicted octanol–water partition coefficient (Wildman–Crippen LogP) is 2.10. The Morgan fingerprint density at radius 2 is 1.09 bits per heavy atom. The molecule has 0 spiro atoms. The van der Waals surface area contributed by atoms with Crippen LogP contribution in [0.3, 0.4) is 0 Å². The molecule has 0 aliphatic rings. The summed E-state index contributed by atoms with van der Waals surface area (Å²) < 4.78 is 11.7. The molecule has 0 bridgehead atoms. The number of thiazole rings is 3. The van der Waals surface area contributed by atoms with Crippen LogP contribution in [0.1, 0.15) is 103 Å². The number of pyridine rings is 2. The van der Waals surface area contributed by atoms with Gasteiger partial charge >= 0.3 is 30.8 Å². The maximum Gasteiger partial charge on any atom is 1.00 e. The summed E-state index contributed by atoms with van der Waals surface area (Å²) in [7, 11) is 1.00. The van der Waals surface area contributed by atoms with Crippen LogP contribution >= 0.6 is 94.2 Å². The summed E-state index contributed by atoms with van der Waals surface area (Å²) in [6, 6.07) is 7.81. The van der Waals surface area contributed by atoms with Gasteiger partial charge in [-0.2, -0.15) is 4.57 Å². The number of carbonyl (C=O) groups is 3. The van der Waals surface area contributed by atoms with E-state index in [4.69, 9.17) is 60.5 Å². The van der Waals surface area contributed by atoms with E-state index in [1.807, 2.05) is 65.8 Å². The Hall–Kier alpha value is -2.82. The number of hydrogen-bond donors (Lipinski definition) is 6. The second-order valence-electron chi connectivity index (χ2n) is 14.7. The Balaban J connectivity index is -0.000000148. The van der Waals surface area contributed by atoms with Crippen LogP contribution < -0.4 is 53.0 Å². The number of hydrogen-bond acceptors (Lipinski definition) is 19. The number of carbonyl (C=O) groups excluding carboxylic acids is 3. The quantitative estimate of drug-likeness (QED) is 0.0305. The maximum absolute atomic E-state index is 10.5. The maximum atomic E-state index is 10.5. The van der Waals surface area contributed by atoms with Crippen LogP contribution in [0.4, 0.5) is 11.6 Å². The second-order valence-corrected chi connectivity index (χ2v) is 20.0. The minimum atomic E-state index is -0.533. The molecule has 0 amide bonds. The number of anilines is 2. The van der Waals surface area contributed by atoms with Gasteiger partial charge in [0.25, 0.3) is 0 Å². The van der Waals surface area contributed by atoms with Crippen LogP contribution in [0, 0.1) is 55.4 Å². The van der Waals surface area contributed by atoms with Crippen molar-refractivity contribution >= 4 is 129 Å². The molecule has 418 valence electrons. The molecule has 1 unspecified atom stereocenters. The Kier molecular flexibility index (Phi) is 55.8. The van der Waals surface area contributed by atoms with Crippen LogP contribution in [0.25, 0.3) is 0 Å². The van der Waals surface area contributed by atoms with Crippen molar-refractivity contribution < 1.29 is 80.5 Å². The number of ketones is 1. The number of aromatic nitrogens is 5. The number of rotatable bonds is 14. The molecule has 0 saturated carbocycles. The summed E-state index contributed by atoms with van der Waals surface area (Å²) in [4.78, 5) is 52.3. The largest absolute Gasteiger partial charge is 1.00 e. The van der Waals surface area contributed by atoms with Crippen molar-refractivity contribution in [2.75, 3.05) is 45.0 Å². The molecule has 10 N–H and O–H groups in total. The molecule has 5 aromatic heterocycles. The summed E-state index contributed by atoms with van der Waals surface area (Å²) in [6.07, 6.45) is 2.62. The van der Waals surface area contributed by atoms with Crippen LogP contribution in [0.5, 0.6) is 0 Å².